The van der Waals surface area contributed by atoms with E-state index in [0.717, 1.165) is 6.26 Å². The number of hydrogen-bond donors (Lipinski definition) is 0. The first kappa shape index (κ1) is 9.04. The fourth-order valence-corrected chi connectivity index (χ4v) is 0. The van der Waals surface area contributed by atoms with Crippen molar-refractivity contribution in [3.63, 3.8) is 0 Å². The molecule has 0 aromatic rings. The van der Waals surface area contributed by atoms with E-state index in [0.29, 0.717) is 0 Å². The average molecular weight is 116 g/mol. The van der Waals surface area contributed by atoms with Crippen molar-refractivity contribution in [3.8, 4) is 0 Å². The predicted molar refractivity (Wildman–Crippen MR) is 22.1 cm³/mol. The highest BCUT2D eigenvalue weighted by Gasteiger charge is 1.41. The Bertz CT molecular complexity index is 32.6. The highest BCUT2D eigenvalue weighted by atomic mass is 35.5. The molecule has 0 saturated heterocycles. The van der Waals surface area contributed by atoms with E-state index in [-0.39, 0.29) is 12.4 Å². The lowest BCUT2D eigenvalue weighted by atomic mass is 12.0. The summed E-state index contributed by atoms with van der Waals surface area (Å²) < 4.78 is 18.0. The summed E-state index contributed by atoms with van der Waals surface area (Å²) in [6, 6.07) is 0. The molecule has 34 valence electrons. The molecular formula is CH4ClO2S-. The van der Waals surface area contributed by atoms with E-state index < -0.39 is 11.1 Å². The minimum atomic E-state index is -1.86. The number of rotatable bonds is 0. The molecular weight excluding hydrogens is 112 g/mol. The van der Waals surface area contributed by atoms with Gasteiger partial charge in [0, 0.05) is 0 Å². The van der Waals surface area contributed by atoms with E-state index in [2.05, 4.69) is 0 Å². The third-order valence-electron chi connectivity index (χ3n) is 0. The summed E-state index contributed by atoms with van der Waals surface area (Å²) >= 11 is -1.86. The molecule has 0 fully saturated rings. The lowest BCUT2D eigenvalue weighted by Gasteiger charge is -1.85. The zero-order valence-corrected chi connectivity index (χ0v) is 4.27. The summed E-state index contributed by atoms with van der Waals surface area (Å²) in [4.78, 5) is 0. The van der Waals surface area contributed by atoms with Gasteiger partial charge in [-0.15, -0.1) is 12.4 Å². The molecule has 4 heteroatoms. The molecule has 0 N–H and O–H groups in total. The van der Waals surface area contributed by atoms with E-state index in [1.54, 1.807) is 0 Å². The van der Waals surface area contributed by atoms with Crippen LogP contribution >= 0.6 is 12.4 Å². The maximum absolute atomic E-state index is 9.00. The molecule has 0 bridgehead atoms. The van der Waals surface area contributed by atoms with Gasteiger partial charge in [0.05, 0.1) is 0 Å². The summed E-state index contributed by atoms with van der Waals surface area (Å²) in [7, 11) is 0. The molecule has 0 amide bonds. The summed E-state index contributed by atoms with van der Waals surface area (Å²) in [6.45, 7) is 0. The second-order valence-electron chi connectivity index (χ2n) is 0.401. The first-order valence-corrected chi connectivity index (χ1v) is 2.22. The number of halogens is 1. The molecule has 0 rings (SSSR count). The Labute approximate surface area is 39.3 Å². The Balaban J connectivity index is 0. The third-order valence-corrected chi connectivity index (χ3v) is 0. The molecule has 1 atom stereocenters. The van der Waals surface area contributed by atoms with Gasteiger partial charge in [-0.05, 0) is 6.26 Å². The van der Waals surface area contributed by atoms with Gasteiger partial charge in [0.2, 0.25) is 0 Å². The minimum Gasteiger partial charge on any atom is -0.773 e. The van der Waals surface area contributed by atoms with Crippen molar-refractivity contribution in [3.05, 3.63) is 0 Å². The predicted octanol–water partition coefficient (Wildman–Crippen LogP) is -0.0829. The van der Waals surface area contributed by atoms with Crippen molar-refractivity contribution in [1.29, 1.82) is 0 Å². The summed E-state index contributed by atoms with van der Waals surface area (Å²) in [5.74, 6) is 0. The van der Waals surface area contributed by atoms with Gasteiger partial charge in [0.15, 0.2) is 0 Å². The monoisotopic (exact) mass is 115 g/mol. The van der Waals surface area contributed by atoms with Crippen molar-refractivity contribution in [2.75, 3.05) is 6.26 Å². The lowest BCUT2D eigenvalue weighted by Crippen LogP contribution is -1.73. The van der Waals surface area contributed by atoms with Crippen molar-refractivity contribution >= 4 is 23.5 Å². The Hall–Kier alpha value is 0.400. The topological polar surface area (TPSA) is 40.1 Å². The Morgan fingerprint density at radius 1 is 1.80 bits per heavy atom. The molecule has 0 aliphatic heterocycles. The minimum absolute atomic E-state index is 0. The van der Waals surface area contributed by atoms with Gasteiger partial charge in [-0.3, -0.25) is 4.21 Å². The smallest absolute Gasteiger partial charge is 0.00142 e. The Morgan fingerprint density at radius 2 is 1.80 bits per heavy atom. The molecule has 0 aromatic heterocycles. The standard InChI is InChI=1S/CH4O2S.ClH/c1-4(2)3;/h1H3,(H,2,3);1H/p-1. The van der Waals surface area contributed by atoms with Crippen LogP contribution in [0.2, 0.25) is 0 Å². The lowest BCUT2D eigenvalue weighted by molar-refractivity contribution is 0.543. The van der Waals surface area contributed by atoms with Crippen LogP contribution in [0.1, 0.15) is 0 Å². The van der Waals surface area contributed by atoms with Crippen LogP contribution in [0.3, 0.4) is 0 Å². The Morgan fingerprint density at radius 3 is 1.80 bits per heavy atom. The van der Waals surface area contributed by atoms with E-state index in [9.17, 15) is 0 Å². The fourth-order valence-electron chi connectivity index (χ4n) is 0. The second-order valence-corrected chi connectivity index (χ2v) is 1.20. The zero-order valence-electron chi connectivity index (χ0n) is 2.63. The van der Waals surface area contributed by atoms with Crippen molar-refractivity contribution in [2.45, 2.75) is 0 Å². The van der Waals surface area contributed by atoms with Gasteiger partial charge in [-0.2, -0.15) is 0 Å². The van der Waals surface area contributed by atoms with Crippen LogP contribution in [-0.4, -0.2) is 15.0 Å². The maximum atomic E-state index is 9.00. The van der Waals surface area contributed by atoms with Gasteiger partial charge in [0.25, 0.3) is 0 Å². The summed E-state index contributed by atoms with van der Waals surface area (Å²) in [5, 5.41) is 0. The highest BCUT2D eigenvalue weighted by molar-refractivity contribution is 7.78. The van der Waals surface area contributed by atoms with Gasteiger partial charge in [-0.1, -0.05) is 11.1 Å². The number of hydrogen-bond acceptors (Lipinski definition) is 2. The van der Waals surface area contributed by atoms with E-state index >= 15 is 0 Å². The second kappa shape index (κ2) is 4.40. The van der Waals surface area contributed by atoms with Crippen LogP contribution in [-0.2, 0) is 11.1 Å². The highest BCUT2D eigenvalue weighted by Crippen LogP contribution is 1.45. The van der Waals surface area contributed by atoms with Crippen LogP contribution in [0.5, 0.6) is 0 Å². The molecule has 0 spiro atoms. The van der Waals surface area contributed by atoms with Gasteiger partial charge in [-0.25, -0.2) is 0 Å². The Kier molecular flexibility index (Phi) is 7.96. The van der Waals surface area contributed by atoms with Gasteiger partial charge in [0.1, 0.15) is 0 Å². The maximum Gasteiger partial charge on any atom is -0.00142 e. The molecule has 5 heavy (non-hydrogen) atoms. The van der Waals surface area contributed by atoms with Crippen molar-refractivity contribution in [1.82, 2.24) is 0 Å². The molecule has 0 aliphatic rings. The molecule has 1 unspecified atom stereocenters. The normalized spacial score (nSPS) is 12.4. The third kappa shape index (κ3) is 158. The molecule has 2 nitrogen and oxygen atoms in total. The van der Waals surface area contributed by atoms with E-state index in [1.165, 1.54) is 0 Å². The molecule has 0 radical (unpaired) electrons. The average Bonchev–Trinajstić information content (AvgIpc) is 0.811. The SMILES string of the molecule is CS(=O)[O-].Cl. The quantitative estimate of drug-likeness (QED) is 0.414. The van der Waals surface area contributed by atoms with E-state index in [4.69, 9.17) is 8.76 Å². The fraction of sp³-hybridized carbons (Fsp3) is 1.00. The molecule has 0 heterocycles. The van der Waals surface area contributed by atoms with Crippen molar-refractivity contribution in [2.24, 2.45) is 0 Å². The van der Waals surface area contributed by atoms with E-state index in [1.807, 2.05) is 0 Å². The van der Waals surface area contributed by atoms with Crippen molar-refractivity contribution < 1.29 is 8.76 Å². The molecule has 0 aliphatic carbocycles. The largest absolute Gasteiger partial charge is 0.773 e. The van der Waals surface area contributed by atoms with Crippen LogP contribution < -0.4 is 0 Å². The molecule has 0 aromatic carbocycles. The first-order valence-electron chi connectivity index (χ1n) is 0.742. The molecule has 0 saturated carbocycles. The van der Waals surface area contributed by atoms with Crippen LogP contribution in [0, 0.1) is 0 Å². The van der Waals surface area contributed by atoms with Gasteiger partial charge < -0.3 is 4.55 Å². The zero-order chi connectivity index (χ0) is 3.58. The van der Waals surface area contributed by atoms with Gasteiger partial charge >= 0.3 is 0 Å². The summed E-state index contributed by atoms with van der Waals surface area (Å²) in [5.41, 5.74) is 0. The first-order chi connectivity index (χ1) is 1.73. The van der Waals surface area contributed by atoms with Crippen LogP contribution in [0.15, 0.2) is 0 Å². The van der Waals surface area contributed by atoms with Crippen LogP contribution in [0.25, 0.3) is 0 Å². The van der Waals surface area contributed by atoms with Crippen LogP contribution in [0.4, 0.5) is 0 Å². The summed E-state index contributed by atoms with van der Waals surface area (Å²) in [6.07, 6.45) is 1.08.